The Hall–Kier alpha value is -4.22. The molecule has 0 bridgehead atoms. The molecule has 1 aliphatic carbocycles. The van der Waals surface area contributed by atoms with Crippen molar-refractivity contribution in [3.8, 4) is 22.8 Å². The lowest BCUT2D eigenvalue weighted by molar-refractivity contribution is -0.165. The highest BCUT2D eigenvalue weighted by Gasteiger charge is 2.66. The summed E-state index contributed by atoms with van der Waals surface area (Å²) in [4.78, 5) is 21.3. The number of aromatic nitrogens is 3. The van der Waals surface area contributed by atoms with Gasteiger partial charge in [-0.2, -0.15) is 13.2 Å². The van der Waals surface area contributed by atoms with Gasteiger partial charge in [0.15, 0.2) is 23.1 Å². The molecule has 0 unspecified atom stereocenters. The number of alkyl halides is 3. The lowest BCUT2D eigenvalue weighted by Crippen LogP contribution is -2.28. The molecule has 1 fully saturated rings. The number of ether oxygens (including phenoxy) is 2. The minimum atomic E-state index is -4.47. The Balaban J connectivity index is 1.30. The number of nitrogens with zero attached hydrogens (tertiary/aromatic N) is 3. The topological polar surface area (TPSA) is 99.4 Å². The summed E-state index contributed by atoms with van der Waals surface area (Å²) in [6.45, 7) is 3.85. The van der Waals surface area contributed by atoms with Crippen molar-refractivity contribution in [3.63, 3.8) is 0 Å². The first kappa shape index (κ1) is 25.4. The second-order valence-corrected chi connectivity index (χ2v) is 8.78. The summed E-state index contributed by atoms with van der Waals surface area (Å²) in [5.41, 5.74) is -0.0923. The number of amides is 1. The number of nitrogens with one attached hydrogen (secondary N) is 1. The molecule has 2 heterocycles. The molecule has 0 spiro atoms. The van der Waals surface area contributed by atoms with Gasteiger partial charge in [-0.15, -0.1) is 0 Å². The molecule has 38 heavy (non-hydrogen) atoms. The number of rotatable bonds is 8. The van der Waals surface area contributed by atoms with Crippen LogP contribution in [0.15, 0.2) is 47.1 Å². The fourth-order valence-corrected chi connectivity index (χ4v) is 4.11. The van der Waals surface area contributed by atoms with E-state index in [1.807, 2.05) is 0 Å². The Labute approximate surface area is 214 Å². The average molecular weight is 529 g/mol. The molecular weight excluding hydrogens is 508 g/mol. The van der Waals surface area contributed by atoms with Gasteiger partial charge in [-0.3, -0.25) is 9.78 Å². The van der Waals surface area contributed by atoms with Gasteiger partial charge in [-0.25, -0.2) is 9.37 Å². The number of anilines is 1. The van der Waals surface area contributed by atoms with E-state index in [0.29, 0.717) is 33.8 Å². The summed E-state index contributed by atoms with van der Waals surface area (Å²) in [6.07, 6.45) is -3.55. The van der Waals surface area contributed by atoms with Crippen LogP contribution in [-0.2, 0) is 16.6 Å². The van der Waals surface area contributed by atoms with Gasteiger partial charge in [0.05, 0.1) is 43.1 Å². The maximum Gasteiger partial charge on any atom is 0.401 e. The second kappa shape index (κ2) is 9.58. The number of carbonyl (C=O) groups is 1. The van der Waals surface area contributed by atoms with Crippen LogP contribution < -0.4 is 14.8 Å². The van der Waals surface area contributed by atoms with Crippen molar-refractivity contribution in [2.75, 3.05) is 19.0 Å². The second-order valence-electron chi connectivity index (χ2n) is 8.78. The lowest BCUT2D eigenvalue weighted by atomic mass is 10.0. The Morgan fingerprint density at radius 3 is 2.58 bits per heavy atom. The first-order valence-electron chi connectivity index (χ1n) is 11.5. The number of hydrogen-bond donors (Lipinski definition) is 1. The zero-order valence-corrected chi connectivity index (χ0v) is 20.1. The zero-order valence-electron chi connectivity index (χ0n) is 20.1. The minimum absolute atomic E-state index is 0.0781. The predicted octanol–water partition coefficient (Wildman–Crippen LogP) is 5.42. The third-order valence-corrected chi connectivity index (χ3v) is 6.33. The number of methoxy groups -OCH3 is 1. The molecule has 12 heteroatoms. The number of fused-ring (bicyclic) bond motifs is 1. The van der Waals surface area contributed by atoms with Gasteiger partial charge in [-0.1, -0.05) is 17.3 Å². The van der Waals surface area contributed by atoms with Crippen LogP contribution in [0.25, 0.3) is 22.3 Å². The molecule has 0 aliphatic heterocycles. The van der Waals surface area contributed by atoms with Gasteiger partial charge < -0.3 is 19.3 Å². The first-order chi connectivity index (χ1) is 18.1. The molecule has 1 N–H and O–H groups in total. The highest BCUT2D eigenvalue weighted by molar-refractivity contribution is 5.91. The van der Waals surface area contributed by atoms with E-state index in [2.05, 4.69) is 27.4 Å². The van der Waals surface area contributed by atoms with Crippen molar-refractivity contribution in [1.29, 1.82) is 0 Å². The number of hydrogen-bond acceptors (Lipinski definition) is 7. The number of halogens is 4. The van der Waals surface area contributed by atoms with Crippen LogP contribution >= 0.6 is 0 Å². The first-order valence-corrected chi connectivity index (χ1v) is 11.5. The van der Waals surface area contributed by atoms with Gasteiger partial charge in [-0.05, 0) is 31.4 Å². The minimum Gasteiger partial charge on any atom is -0.493 e. The van der Waals surface area contributed by atoms with Gasteiger partial charge in [0, 0.05) is 23.8 Å². The van der Waals surface area contributed by atoms with Crippen LogP contribution in [0.3, 0.4) is 0 Å². The van der Waals surface area contributed by atoms with Crippen molar-refractivity contribution in [1.82, 2.24) is 15.1 Å². The highest BCUT2D eigenvalue weighted by Crippen LogP contribution is 2.59. The van der Waals surface area contributed by atoms with E-state index in [1.165, 1.54) is 25.4 Å². The van der Waals surface area contributed by atoms with E-state index in [4.69, 9.17) is 14.0 Å². The lowest BCUT2D eigenvalue weighted by Gasteiger charge is -2.14. The van der Waals surface area contributed by atoms with Gasteiger partial charge in [0.1, 0.15) is 11.2 Å². The molecular formula is C26H21F4N4O4. The fourth-order valence-electron chi connectivity index (χ4n) is 4.11. The van der Waals surface area contributed by atoms with Gasteiger partial charge in [0.25, 0.3) is 0 Å². The monoisotopic (exact) mass is 529 g/mol. The Morgan fingerprint density at radius 1 is 1.16 bits per heavy atom. The molecule has 1 amide bonds. The normalized spacial score (nSPS) is 14.4. The van der Waals surface area contributed by atoms with Crippen LogP contribution in [0.2, 0.25) is 0 Å². The largest absolute Gasteiger partial charge is 0.493 e. The van der Waals surface area contributed by atoms with E-state index >= 15 is 0 Å². The molecule has 1 radical (unpaired) electrons. The maximum absolute atomic E-state index is 14.9. The summed E-state index contributed by atoms with van der Waals surface area (Å²) in [7, 11) is 1.49. The van der Waals surface area contributed by atoms with Crippen molar-refractivity contribution >= 4 is 22.8 Å². The van der Waals surface area contributed by atoms with Crippen LogP contribution in [0, 0.1) is 12.7 Å². The van der Waals surface area contributed by atoms with Crippen molar-refractivity contribution in [2.45, 2.75) is 30.9 Å². The molecule has 4 aromatic rings. The average Bonchev–Trinajstić information content (AvgIpc) is 3.58. The molecule has 197 valence electrons. The predicted molar refractivity (Wildman–Crippen MR) is 128 cm³/mol. The van der Waals surface area contributed by atoms with E-state index in [9.17, 15) is 22.4 Å². The third kappa shape index (κ3) is 4.73. The van der Waals surface area contributed by atoms with E-state index < -0.39 is 23.3 Å². The van der Waals surface area contributed by atoms with E-state index in [0.717, 1.165) is 6.07 Å². The fraction of sp³-hybridized carbons (Fsp3) is 0.269. The summed E-state index contributed by atoms with van der Waals surface area (Å²) in [5.74, 6) is -0.915. The summed E-state index contributed by atoms with van der Waals surface area (Å²) in [6, 6.07) is 8.63. The van der Waals surface area contributed by atoms with Crippen molar-refractivity contribution in [3.05, 3.63) is 66.7 Å². The maximum atomic E-state index is 14.9. The smallest absolute Gasteiger partial charge is 0.401 e. The van der Waals surface area contributed by atoms with Crippen LogP contribution in [0.5, 0.6) is 11.5 Å². The van der Waals surface area contributed by atoms with E-state index in [1.54, 1.807) is 18.2 Å². The van der Waals surface area contributed by atoms with Crippen LogP contribution in [0.4, 0.5) is 23.4 Å². The molecule has 5 rings (SSSR count). The quantitative estimate of drug-likeness (QED) is 0.304. The Bertz CT molecular complexity index is 1520. The molecule has 1 aliphatic rings. The molecule has 2 aromatic heterocycles. The van der Waals surface area contributed by atoms with Gasteiger partial charge >= 0.3 is 6.18 Å². The SMILES string of the molecule is [CH2]COc1cc2ncc(-c3ccc(CC(=O)Nc4cc(C5(C(F)(F)F)CC5)on4)c(F)c3)nc2cc1OC. The van der Waals surface area contributed by atoms with E-state index in [-0.39, 0.29) is 43.0 Å². The van der Waals surface area contributed by atoms with Crippen LogP contribution in [0.1, 0.15) is 24.2 Å². The molecule has 2 aromatic carbocycles. The highest BCUT2D eigenvalue weighted by atomic mass is 19.4. The number of carbonyl (C=O) groups excluding carboxylic acids is 1. The summed E-state index contributed by atoms with van der Waals surface area (Å²) >= 11 is 0. The zero-order chi connectivity index (χ0) is 27.1. The molecule has 1 saturated carbocycles. The Morgan fingerprint density at radius 2 is 1.92 bits per heavy atom. The third-order valence-electron chi connectivity index (χ3n) is 6.33. The van der Waals surface area contributed by atoms with Crippen molar-refractivity contribution in [2.24, 2.45) is 0 Å². The summed E-state index contributed by atoms with van der Waals surface area (Å²) < 4.78 is 70.2. The molecule has 0 atom stereocenters. The van der Waals surface area contributed by atoms with Gasteiger partial charge in [0.2, 0.25) is 5.91 Å². The number of benzene rings is 2. The van der Waals surface area contributed by atoms with Crippen molar-refractivity contribution < 1.29 is 36.4 Å². The standard InChI is InChI=1S/C26H21F4N4O4/c1-3-37-21-10-17-18(11-20(21)36-2)32-19(13-31-17)15-5-4-14(16(27)8-15)9-24(35)33-23-12-22(38-34-23)25(6-7-25)26(28,29)30/h4-5,8,10-13H,1,3,6-7,9H2,2H3,(H,33,34,35). The summed E-state index contributed by atoms with van der Waals surface area (Å²) in [5, 5.41) is 5.86. The molecule has 0 saturated heterocycles. The van der Waals surface area contributed by atoms with Crippen LogP contribution in [-0.4, -0.2) is 40.9 Å². The Kier molecular flexibility index (Phi) is 6.41. The molecule has 8 nitrogen and oxygen atoms in total.